The second-order valence-electron chi connectivity index (χ2n) is 4.42. The van der Waals surface area contributed by atoms with Crippen LogP contribution < -0.4 is 11.4 Å². The first-order valence-corrected chi connectivity index (χ1v) is 5.58. The lowest BCUT2D eigenvalue weighted by molar-refractivity contribution is 0.353. The van der Waals surface area contributed by atoms with Crippen LogP contribution in [0.3, 0.4) is 0 Å². The molecule has 8 heteroatoms. The maximum absolute atomic E-state index is 11.5. The minimum atomic E-state index is -0.695. The Labute approximate surface area is 108 Å². The van der Waals surface area contributed by atoms with Gasteiger partial charge in [0.2, 0.25) is 5.89 Å². The van der Waals surface area contributed by atoms with E-state index >= 15 is 0 Å². The Kier molecular flexibility index (Phi) is 3.18. The van der Waals surface area contributed by atoms with Crippen molar-refractivity contribution in [3.8, 4) is 0 Å². The molecule has 2 aromatic rings. The molecule has 0 atom stereocenters. The number of halogens is 1. The van der Waals surface area contributed by atoms with Gasteiger partial charge >= 0.3 is 5.69 Å². The van der Waals surface area contributed by atoms with Crippen molar-refractivity contribution in [2.24, 2.45) is 5.73 Å². The molecule has 0 saturated heterocycles. The highest BCUT2D eigenvalue weighted by atomic mass is 35.5. The van der Waals surface area contributed by atoms with Crippen LogP contribution in [0.25, 0.3) is 0 Å². The van der Waals surface area contributed by atoms with Crippen LogP contribution in [0.15, 0.2) is 21.7 Å². The zero-order valence-corrected chi connectivity index (χ0v) is 10.7. The van der Waals surface area contributed by atoms with E-state index in [9.17, 15) is 4.79 Å². The van der Waals surface area contributed by atoms with E-state index < -0.39 is 11.2 Å². The highest BCUT2D eigenvalue weighted by Crippen LogP contribution is 2.13. The topological polar surface area (TPSA) is 99.8 Å². The Morgan fingerprint density at radius 3 is 2.89 bits per heavy atom. The van der Waals surface area contributed by atoms with E-state index in [4.69, 9.17) is 21.9 Å². The Morgan fingerprint density at radius 1 is 1.56 bits per heavy atom. The van der Waals surface area contributed by atoms with Crippen molar-refractivity contribution < 1.29 is 4.52 Å². The summed E-state index contributed by atoms with van der Waals surface area (Å²) in [6.45, 7) is 3.62. The fraction of sp³-hybridized carbons (Fsp3) is 0.400. The molecule has 18 heavy (non-hydrogen) atoms. The van der Waals surface area contributed by atoms with Gasteiger partial charge in [0.1, 0.15) is 6.54 Å². The molecule has 0 aromatic carbocycles. The number of nitrogens with zero attached hydrogens (tertiary/aromatic N) is 4. The summed E-state index contributed by atoms with van der Waals surface area (Å²) in [7, 11) is 0. The van der Waals surface area contributed by atoms with Crippen molar-refractivity contribution in [2.45, 2.75) is 25.9 Å². The average Bonchev–Trinajstić information content (AvgIpc) is 2.71. The number of hydrogen-bond acceptors (Lipinski definition) is 6. The van der Waals surface area contributed by atoms with Crippen molar-refractivity contribution in [1.82, 2.24) is 19.7 Å². The third kappa shape index (κ3) is 2.74. The zero-order chi connectivity index (χ0) is 13.3. The van der Waals surface area contributed by atoms with Gasteiger partial charge in [0.05, 0.1) is 16.8 Å². The van der Waals surface area contributed by atoms with Crippen molar-refractivity contribution in [3.05, 3.63) is 39.6 Å². The van der Waals surface area contributed by atoms with Crippen LogP contribution >= 0.6 is 11.6 Å². The van der Waals surface area contributed by atoms with Crippen LogP contribution in [0.1, 0.15) is 25.6 Å². The summed E-state index contributed by atoms with van der Waals surface area (Å²) in [5, 5.41) is 4.11. The molecule has 2 rings (SSSR count). The van der Waals surface area contributed by atoms with Crippen LogP contribution in [0.5, 0.6) is 0 Å². The summed E-state index contributed by atoms with van der Waals surface area (Å²) >= 11 is 5.75. The Hall–Kier alpha value is -1.73. The van der Waals surface area contributed by atoms with Gasteiger partial charge in [-0.25, -0.2) is 9.78 Å². The molecule has 0 unspecified atom stereocenters. The molecule has 7 nitrogen and oxygen atoms in total. The molecule has 0 aliphatic rings. The van der Waals surface area contributed by atoms with Crippen LogP contribution in [0.4, 0.5) is 0 Å². The largest absolute Gasteiger partial charge is 0.348 e. The van der Waals surface area contributed by atoms with Crippen molar-refractivity contribution in [3.63, 3.8) is 0 Å². The first-order chi connectivity index (χ1) is 8.36. The van der Waals surface area contributed by atoms with E-state index in [1.54, 1.807) is 13.8 Å². The van der Waals surface area contributed by atoms with Gasteiger partial charge in [-0.3, -0.25) is 4.57 Å². The highest BCUT2D eigenvalue weighted by Gasteiger charge is 2.21. The molecule has 0 bridgehead atoms. The molecule has 0 saturated carbocycles. The summed E-state index contributed by atoms with van der Waals surface area (Å²) in [5.41, 5.74) is 4.70. The number of aromatic nitrogens is 4. The predicted molar refractivity (Wildman–Crippen MR) is 64.1 cm³/mol. The van der Waals surface area contributed by atoms with Gasteiger partial charge in [0, 0.05) is 6.20 Å². The van der Waals surface area contributed by atoms with Gasteiger partial charge in [0.15, 0.2) is 5.82 Å². The quantitative estimate of drug-likeness (QED) is 0.872. The fourth-order valence-corrected chi connectivity index (χ4v) is 1.43. The molecular weight excluding hydrogens is 258 g/mol. The highest BCUT2D eigenvalue weighted by molar-refractivity contribution is 6.30. The van der Waals surface area contributed by atoms with Crippen LogP contribution in [0, 0.1) is 0 Å². The van der Waals surface area contributed by atoms with Crippen molar-refractivity contribution in [1.29, 1.82) is 0 Å². The lowest BCUT2D eigenvalue weighted by atomic mass is 10.1. The number of hydrogen-bond donors (Lipinski definition) is 1. The average molecular weight is 270 g/mol. The summed E-state index contributed by atoms with van der Waals surface area (Å²) in [6, 6.07) is 0. The van der Waals surface area contributed by atoms with Crippen LogP contribution in [0.2, 0.25) is 5.02 Å². The lowest BCUT2D eigenvalue weighted by Crippen LogP contribution is -2.30. The van der Waals surface area contributed by atoms with E-state index in [1.165, 1.54) is 17.0 Å². The SMILES string of the molecule is CC(C)(N)c1noc(Cn2cc(Cl)cnc2=O)n1. The molecule has 0 aliphatic heterocycles. The van der Waals surface area contributed by atoms with Gasteiger partial charge < -0.3 is 10.3 Å². The second kappa shape index (κ2) is 4.51. The minimum absolute atomic E-state index is 0.107. The summed E-state index contributed by atoms with van der Waals surface area (Å²) in [4.78, 5) is 19.2. The van der Waals surface area contributed by atoms with E-state index in [-0.39, 0.29) is 12.4 Å². The Bertz CT molecular complexity index is 613. The third-order valence-corrected chi connectivity index (χ3v) is 2.37. The standard InChI is InChI=1S/C10H12ClN5O2/c1-10(2,12)8-14-7(18-15-8)5-16-4-6(11)3-13-9(16)17/h3-4H,5,12H2,1-2H3. The molecule has 0 aliphatic carbocycles. The molecule has 2 heterocycles. The Morgan fingerprint density at radius 2 is 2.28 bits per heavy atom. The molecule has 0 fully saturated rings. The minimum Gasteiger partial charge on any atom is -0.337 e. The number of nitrogens with two attached hydrogens (primary N) is 1. The molecule has 2 N–H and O–H groups in total. The summed E-state index contributed by atoms with van der Waals surface area (Å²) in [6.07, 6.45) is 2.73. The molecule has 0 amide bonds. The number of rotatable bonds is 3. The molecule has 2 aromatic heterocycles. The predicted octanol–water partition coefficient (Wildman–Crippen LogP) is 0.522. The monoisotopic (exact) mass is 269 g/mol. The van der Waals surface area contributed by atoms with Crippen LogP contribution in [-0.4, -0.2) is 19.7 Å². The molecule has 96 valence electrons. The third-order valence-electron chi connectivity index (χ3n) is 2.17. The van der Waals surface area contributed by atoms with Gasteiger partial charge in [-0.15, -0.1) is 0 Å². The second-order valence-corrected chi connectivity index (χ2v) is 4.85. The van der Waals surface area contributed by atoms with Crippen molar-refractivity contribution in [2.75, 3.05) is 0 Å². The lowest BCUT2D eigenvalue weighted by Gasteiger charge is -2.11. The van der Waals surface area contributed by atoms with E-state index in [0.717, 1.165) is 0 Å². The Balaban J connectivity index is 2.27. The molecular formula is C10H12ClN5O2. The summed E-state index contributed by atoms with van der Waals surface area (Å²) < 4.78 is 6.30. The normalized spacial score (nSPS) is 11.8. The maximum Gasteiger partial charge on any atom is 0.348 e. The first-order valence-electron chi connectivity index (χ1n) is 5.20. The first kappa shape index (κ1) is 12.7. The van der Waals surface area contributed by atoms with E-state index in [2.05, 4.69) is 15.1 Å². The maximum atomic E-state index is 11.5. The van der Waals surface area contributed by atoms with Gasteiger partial charge in [0.25, 0.3) is 0 Å². The fourth-order valence-electron chi connectivity index (χ4n) is 1.27. The van der Waals surface area contributed by atoms with Crippen molar-refractivity contribution >= 4 is 11.6 Å². The van der Waals surface area contributed by atoms with Gasteiger partial charge in [-0.05, 0) is 13.8 Å². The van der Waals surface area contributed by atoms with E-state index in [0.29, 0.717) is 10.8 Å². The van der Waals surface area contributed by atoms with Gasteiger partial charge in [-0.2, -0.15) is 4.98 Å². The van der Waals surface area contributed by atoms with E-state index in [1.807, 2.05) is 0 Å². The van der Waals surface area contributed by atoms with Crippen LogP contribution in [-0.2, 0) is 12.1 Å². The smallest absolute Gasteiger partial charge is 0.337 e. The zero-order valence-electron chi connectivity index (χ0n) is 9.92. The summed E-state index contributed by atoms with van der Waals surface area (Å²) in [5.74, 6) is 0.648. The van der Waals surface area contributed by atoms with Gasteiger partial charge in [-0.1, -0.05) is 16.8 Å². The molecule has 0 spiro atoms. The molecule has 0 radical (unpaired) electrons.